The van der Waals surface area contributed by atoms with Crippen LogP contribution in [-0.2, 0) is 4.74 Å². The molecule has 0 radical (unpaired) electrons. The topological polar surface area (TPSA) is 9.23 Å². The van der Waals surface area contributed by atoms with Gasteiger partial charge in [-0.1, -0.05) is 27.2 Å². The van der Waals surface area contributed by atoms with Gasteiger partial charge in [-0.05, 0) is 43.1 Å². The Kier molecular flexibility index (Phi) is 7.34. The largest absolute Gasteiger partial charge is 0.378 e. The SMILES string of the molecule is CC1CCC(C(C)C)C(OCCC[Si](Cl)(Cl)Cl)C1. The molecule has 0 bridgehead atoms. The second-order valence-electron chi connectivity index (χ2n) is 5.95. The Morgan fingerprint density at radius 2 is 1.89 bits per heavy atom. The van der Waals surface area contributed by atoms with Crippen molar-refractivity contribution in [2.75, 3.05) is 6.61 Å². The highest BCUT2D eigenvalue weighted by Gasteiger charge is 2.31. The molecule has 1 aliphatic rings. The lowest BCUT2D eigenvalue weighted by Gasteiger charge is -2.37. The van der Waals surface area contributed by atoms with E-state index in [1.807, 2.05) is 0 Å². The second-order valence-corrected chi connectivity index (χ2v) is 15.2. The first-order valence-electron chi connectivity index (χ1n) is 6.98. The van der Waals surface area contributed by atoms with E-state index in [-0.39, 0.29) is 0 Å². The van der Waals surface area contributed by atoms with Crippen LogP contribution in [0.25, 0.3) is 0 Å². The zero-order chi connectivity index (χ0) is 13.8. The van der Waals surface area contributed by atoms with E-state index in [0.29, 0.717) is 24.0 Å². The molecule has 0 aliphatic heterocycles. The van der Waals surface area contributed by atoms with Crippen molar-refractivity contribution in [1.82, 2.24) is 0 Å². The minimum Gasteiger partial charge on any atom is -0.378 e. The third-order valence-electron chi connectivity index (χ3n) is 3.90. The average Bonchev–Trinajstić information content (AvgIpc) is 2.22. The van der Waals surface area contributed by atoms with Crippen LogP contribution < -0.4 is 0 Å². The van der Waals surface area contributed by atoms with Gasteiger partial charge in [-0.2, -0.15) is 0 Å². The van der Waals surface area contributed by atoms with Gasteiger partial charge in [0.15, 0.2) is 0 Å². The van der Waals surface area contributed by atoms with Crippen LogP contribution in [0, 0.1) is 17.8 Å². The zero-order valence-corrected chi connectivity index (χ0v) is 14.9. The molecular formula is C13H25Cl3OSi. The van der Waals surface area contributed by atoms with Gasteiger partial charge in [0.1, 0.15) is 0 Å². The van der Waals surface area contributed by atoms with Crippen molar-refractivity contribution in [1.29, 1.82) is 0 Å². The molecule has 1 saturated carbocycles. The first-order chi connectivity index (χ1) is 8.29. The summed E-state index contributed by atoms with van der Waals surface area (Å²) in [6, 6.07) is -1.76. The predicted molar refractivity (Wildman–Crippen MR) is 83.8 cm³/mol. The van der Waals surface area contributed by atoms with Crippen molar-refractivity contribution < 1.29 is 4.74 Å². The van der Waals surface area contributed by atoms with E-state index in [1.54, 1.807) is 0 Å². The highest BCUT2D eigenvalue weighted by Crippen LogP contribution is 2.35. The standard InChI is InChI=1S/C13H25Cl3OSi/c1-10(2)12-6-5-11(3)9-13(12)17-7-4-8-18(14,15)16/h10-13H,4-9H2,1-3H3. The Balaban J connectivity index is 2.32. The Hall–Kier alpha value is 1.05. The lowest BCUT2D eigenvalue weighted by molar-refractivity contribution is -0.0379. The van der Waals surface area contributed by atoms with Crippen LogP contribution in [0.5, 0.6) is 0 Å². The molecule has 1 rings (SSSR count). The molecule has 0 heterocycles. The molecule has 1 fully saturated rings. The average molecular weight is 332 g/mol. The minimum absolute atomic E-state index is 0.408. The molecular weight excluding hydrogens is 307 g/mol. The smallest absolute Gasteiger partial charge is 0.341 e. The molecule has 0 spiro atoms. The van der Waals surface area contributed by atoms with Crippen LogP contribution in [0.3, 0.4) is 0 Å². The summed E-state index contributed by atoms with van der Waals surface area (Å²) in [5, 5.41) is 0. The van der Waals surface area contributed by atoms with Gasteiger partial charge in [0.2, 0.25) is 0 Å². The van der Waals surface area contributed by atoms with Gasteiger partial charge in [0, 0.05) is 6.61 Å². The molecule has 18 heavy (non-hydrogen) atoms. The number of hydrogen-bond donors (Lipinski definition) is 0. The van der Waals surface area contributed by atoms with Crippen molar-refractivity contribution in [3.8, 4) is 0 Å². The van der Waals surface area contributed by atoms with E-state index >= 15 is 0 Å². The van der Waals surface area contributed by atoms with Gasteiger partial charge >= 0.3 is 6.00 Å². The van der Waals surface area contributed by atoms with Gasteiger partial charge in [-0.25, -0.2) is 0 Å². The highest BCUT2D eigenvalue weighted by molar-refractivity contribution is 7.64. The number of ether oxygens (including phenoxy) is 1. The number of halogens is 3. The third kappa shape index (κ3) is 6.47. The van der Waals surface area contributed by atoms with Crippen molar-refractivity contribution >= 4 is 39.2 Å². The van der Waals surface area contributed by atoms with Gasteiger partial charge < -0.3 is 4.74 Å². The molecule has 5 heteroatoms. The molecule has 0 saturated heterocycles. The quantitative estimate of drug-likeness (QED) is 0.354. The fraction of sp³-hybridized carbons (Fsp3) is 1.00. The first kappa shape index (κ1) is 17.1. The molecule has 1 aliphatic carbocycles. The summed E-state index contributed by atoms with van der Waals surface area (Å²) in [5.41, 5.74) is 0. The second kappa shape index (κ2) is 7.73. The van der Waals surface area contributed by atoms with Gasteiger partial charge in [-0.3, -0.25) is 0 Å². The van der Waals surface area contributed by atoms with Crippen LogP contribution in [0.15, 0.2) is 0 Å². The van der Waals surface area contributed by atoms with E-state index in [9.17, 15) is 0 Å². The third-order valence-corrected chi connectivity index (χ3v) is 6.52. The van der Waals surface area contributed by atoms with E-state index in [2.05, 4.69) is 20.8 Å². The number of hydrogen-bond acceptors (Lipinski definition) is 1. The summed E-state index contributed by atoms with van der Waals surface area (Å²) in [4.78, 5) is 0. The Bertz CT molecular complexity index is 243. The molecule has 3 atom stereocenters. The normalized spacial score (nSPS) is 29.8. The summed E-state index contributed by atoms with van der Waals surface area (Å²) in [5.74, 6) is 2.18. The molecule has 0 N–H and O–H groups in total. The molecule has 1 nitrogen and oxygen atoms in total. The van der Waals surface area contributed by atoms with E-state index in [4.69, 9.17) is 38.0 Å². The van der Waals surface area contributed by atoms with Crippen molar-refractivity contribution in [2.45, 2.75) is 58.6 Å². The molecule has 0 aromatic carbocycles. The van der Waals surface area contributed by atoms with Crippen molar-refractivity contribution in [3.63, 3.8) is 0 Å². The van der Waals surface area contributed by atoms with Crippen molar-refractivity contribution in [3.05, 3.63) is 0 Å². The lowest BCUT2D eigenvalue weighted by atomic mass is 9.75. The summed E-state index contributed by atoms with van der Waals surface area (Å²) in [6.45, 7) is 7.65. The summed E-state index contributed by atoms with van der Waals surface area (Å²) >= 11 is 17.6. The Labute approximate surface area is 127 Å². The maximum Gasteiger partial charge on any atom is 0.341 e. The minimum atomic E-state index is -2.46. The van der Waals surface area contributed by atoms with Gasteiger partial charge in [-0.15, -0.1) is 33.2 Å². The van der Waals surface area contributed by atoms with E-state index in [0.717, 1.165) is 18.9 Å². The van der Waals surface area contributed by atoms with Crippen LogP contribution >= 0.6 is 33.2 Å². The summed E-state index contributed by atoms with van der Waals surface area (Å²) < 4.78 is 6.07. The van der Waals surface area contributed by atoms with Crippen molar-refractivity contribution in [2.24, 2.45) is 17.8 Å². The monoisotopic (exact) mass is 330 g/mol. The molecule has 0 aromatic rings. The van der Waals surface area contributed by atoms with E-state index in [1.165, 1.54) is 19.3 Å². The molecule has 3 unspecified atom stereocenters. The molecule has 0 aromatic heterocycles. The van der Waals surface area contributed by atoms with Crippen LogP contribution in [0.1, 0.15) is 46.5 Å². The Morgan fingerprint density at radius 3 is 2.44 bits per heavy atom. The fourth-order valence-corrected chi connectivity index (χ4v) is 4.56. The fourth-order valence-electron chi connectivity index (χ4n) is 2.81. The maximum atomic E-state index is 6.07. The lowest BCUT2D eigenvalue weighted by Crippen LogP contribution is -2.34. The van der Waals surface area contributed by atoms with Crippen LogP contribution in [0.2, 0.25) is 6.04 Å². The molecule has 0 amide bonds. The highest BCUT2D eigenvalue weighted by atomic mass is 35.8. The summed E-state index contributed by atoms with van der Waals surface area (Å²) in [7, 11) is 0. The zero-order valence-electron chi connectivity index (χ0n) is 11.6. The Morgan fingerprint density at radius 1 is 1.22 bits per heavy atom. The predicted octanol–water partition coefficient (Wildman–Crippen LogP) is 5.51. The maximum absolute atomic E-state index is 6.07. The first-order valence-corrected chi connectivity index (χ1v) is 12.2. The number of rotatable bonds is 6. The van der Waals surface area contributed by atoms with Crippen LogP contribution in [-0.4, -0.2) is 18.7 Å². The van der Waals surface area contributed by atoms with Crippen LogP contribution in [0.4, 0.5) is 0 Å². The van der Waals surface area contributed by atoms with Gasteiger partial charge in [0.05, 0.1) is 6.10 Å². The van der Waals surface area contributed by atoms with E-state index < -0.39 is 6.00 Å². The molecule has 108 valence electrons. The summed E-state index contributed by atoms with van der Waals surface area (Å²) in [6.07, 6.45) is 5.10. The van der Waals surface area contributed by atoms with Gasteiger partial charge in [0.25, 0.3) is 0 Å².